The van der Waals surface area contributed by atoms with Gasteiger partial charge in [0.15, 0.2) is 6.10 Å². The van der Waals surface area contributed by atoms with Crippen LogP contribution in [0, 0.1) is 0 Å². The molecule has 3 rings (SSSR count). The lowest BCUT2D eigenvalue weighted by Gasteiger charge is -2.17. The third kappa shape index (κ3) is 3.64. The molecule has 1 atom stereocenters. The fourth-order valence-electron chi connectivity index (χ4n) is 2.51. The van der Waals surface area contributed by atoms with E-state index in [9.17, 15) is 9.90 Å². The molecule has 3 aromatic rings. The molecular weight excluding hydrogens is 347 g/mol. The zero-order valence-corrected chi connectivity index (χ0v) is 14.1. The van der Waals surface area contributed by atoms with Crippen molar-refractivity contribution in [3.63, 3.8) is 0 Å². The van der Waals surface area contributed by atoms with Crippen LogP contribution in [0.2, 0.25) is 10.0 Å². The first-order valence-electron chi connectivity index (χ1n) is 7.36. The summed E-state index contributed by atoms with van der Waals surface area (Å²) >= 11 is 11.9. The Morgan fingerprint density at radius 3 is 2.50 bits per heavy atom. The van der Waals surface area contributed by atoms with Gasteiger partial charge in [0.2, 0.25) is 0 Å². The number of carbonyl (C=O) groups is 1. The molecule has 1 N–H and O–H groups in total. The van der Waals surface area contributed by atoms with Crippen LogP contribution in [0.4, 0.5) is 0 Å². The van der Waals surface area contributed by atoms with Gasteiger partial charge >= 0.3 is 5.97 Å². The molecular formula is C19H14Cl2O3. The summed E-state index contributed by atoms with van der Waals surface area (Å²) in [6.45, 7) is 0. The van der Waals surface area contributed by atoms with Crippen LogP contribution >= 0.6 is 23.2 Å². The second-order valence-corrected chi connectivity index (χ2v) is 6.19. The van der Waals surface area contributed by atoms with Crippen LogP contribution in [0.3, 0.4) is 0 Å². The summed E-state index contributed by atoms with van der Waals surface area (Å²) in [5.74, 6) is -0.491. The lowest BCUT2D eigenvalue weighted by atomic mass is 10.1. The Bertz CT molecular complexity index is 887. The van der Waals surface area contributed by atoms with Crippen LogP contribution < -0.4 is 4.74 Å². The smallest absolute Gasteiger partial charge is 0.345 e. The summed E-state index contributed by atoms with van der Waals surface area (Å²) in [6.07, 6.45) is -0.830. The molecule has 0 radical (unpaired) electrons. The number of carboxylic acid groups (broad SMARTS) is 1. The predicted octanol–water partition coefficient (Wildman–Crippen LogP) is 5.22. The van der Waals surface area contributed by atoms with Crippen molar-refractivity contribution in [3.8, 4) is 5.75 Å². The molecule has 0 saturated carbocycles. The average molecular weight is 361 g/mol. The molecule has 3 nitrogen and oxygen atoms in total. The van der Waals surface area contributed by atoms with Gasteiger partial charge < -0.3 is 9.84 Å². The molecule has 0 aliphatic rings. The van der Waals surface area contributed by atoms with E-state index >= 15 is 0 Å². The quantitative estimate of drug-likeness (QED) is 0.678. The number of rotatable bonds is 5. The van der Waals surface area contributed by atoms with Gasteiger partial charge in [0.1, 0.15) is 5.75 Å². The van der Waals surface area contributed by atoms with Gasteiger partial charge in [0.05, 0.1) is 10.0 Å². The van der Waals surface area contributed by atoms with E-state index in [0.29, 0.717) is 15.8 Å². The van der Waals surface area contributed by atoms with Gasteiger partial charge in [-0.3, -0.25) is 0 Å². The maximum Gasteiger partial charge on any atom is 0.345 e. The molecule has 0 aromatic heterocycles. The lowest BCUT2D eigenvalue weighted by molar-refractivity contribution is -0.144. The average Bonchev–Trinajstić information content (AvgIpc) is 2.57. The highest BCUT2D eigenvalue weighted by Gasteiger charge is 2.21. The fourth-order valence-corrected chi connectivity index (χ4v) is 2.83. The first-order valence-corrected chi connectivity index (χ1v) is 8.11. The van der Waals surface area contributed by atoms with Crippen LogP contribution in [0.15, 0.2) is 60.7 Å². The van der Waals surface area contributed by atoms with E-state index in [-0.39, 0.29) is 6.42 Å². The number of benzene rings is 3. The maximum absolute atomic E-state index is 11.6. The summed E-state index contributed by atoms with van der Waals surface area (Å²) in [4.78, 5) is 11.6. The number of halogens is 2. The summed E-state index contributed by atoms with van der Waals surface area (Å²) in [5.41, 5.74) is 0.747. The molecule has 0 amide bonds. The van der Waals surface area contributed by atoms with Gasteiger partial charge in [-0.2, -0.15) is 0 Å². The minimum atomic E-state index is -1.03. The van der Waals surface area contributed by atoms with Crippen molar-refractivity contribution in [3.05, 3.63) is 76.3 Å². The van der Waals surface area contributed by atoms with E-state index in [4.69, 9.17) is 27.9 Å². The van der Waals surface area contributed by atoms with Crippen molar-refractivity contribution in [2.24, 2.45) is 0 Å². The highest BCUT2D eigenvalue weighted by Crippen LogP contribution is 2.28. The zero-order valence-electron chi connectivity index (χ0n) is 12.6. The minimum absolute atomic E-state index is 0.190. The second kappa shape index (κ2) is 7.12. The van der Waals surface area contributed by atoms with Crippen LogP contribution in [-0.2, 0) is 11.2 Å². The van der Waals surface area contributed by atoms with Crippen molar-refractivity contribution in [2.45, 2.75) is 12.5 Å². The molecule has 0 spiro atoms. The van der Waals surface area contributed by atoms with E-state index in [2.05, 4.69) is 0 Å². The van der Waals surface area contributed by atoms with Crippen LogP contribution in [-0.4, -0.2) is 17.2 Å². The fraction of sp³-hybridized carbons (Fsp3) is 0.105. The third-order valence-corrected chi connectivity index (χ3v) is 4.44. The number of hydrogen-bond donors (Lipinski definition) is 1. The Labute approximate surface area is 149 Å². The molecule has 122 valence electrons. The van der Waals surface area contributed by atoms with Gasteiger partial charge in [-0.1, -0.05) is 65.7 Å². The van der Waals surface area contributed by atoms with E-state index in [0.717, 1.165) is 16.3 Å². The van der Waals surface area contributed by atoms with Crippen molar-refractivity contribution in [1.29, 1.82) is 0 Å². The summed E-state index contributed by atoms with van der Waals surface area (Å²) in [6, 6.07) is 18.3. The van der Waals surface area contributed by atoms with Gasteiger partial charge in [0.25, 0.3) is 0 Å². The number of ether oxygens (including phenoxy) is 1. The summed E-state index contributed by atoms with van der Waals surface area (Å²) < 4.78 is 5.79. The Kier molecular flexibility index (Phi) is 4.93. The molecule has 0 aliphatic carbocycles. The van der Waals surface area contributed by atoms with Crippen molar-refractivity contribution in [2.75, 3.05) is 0 Å². The van der Waals surface area contributed by atoms with E-state index in [1.165, 1.54) is 0 Å². The Morgan fingerprint density at radius 2 is 1.75 bits per heavy atom. The molecule has 0 bridgehead atoms. The first-order chi connectivity index (χ1) is 11.5. The lowest BCUT2D eigenvalue weighted by Crippen LogP contribution is -2.29. The normalized spacial score (nSPS) is 12.1. The topological polar surface area (TPSA) is 46.5 Å². The van der Waals surface area contributed by atoms with Crippen LogP contribution in [0.25, 0.3) is 10.8 Å². The molecule has 3 aromatic carbocycles. The van der Waals surface area contributed by atoms with E-state index < -0.39 is 12.1 Å². The maximum atomic E-state index is 11.6. The van der Waals surface area contributed by atoms with E-state index in [1.54, 1.807) is 24.3 Å². The Balaban J connectivity index is 1.88. The van der Waals surface area contributed by atoms with Gasteiger partial charge in [-0.15, -0.1) is 0 Å². The number of aliphatic carboxylic acids is 1. The van der Waals surface area contributed by atoms with E-state index in [1.807, 2.05) is 36.4 Å². The minimum Gasteiger partial charge on any atom is -0.478 e. The highest BCUT2D eigenvalue weighted by atomic mass is 35.5. The monoisotopic (exact) mass is 360 g/mol. The van der Waals surface area contributed by atoms with Crippen molar-refractivity contribution in [1.82, 2.24) is 0 Å². The summed E-state index contributed by atoms with van der Waals surface area (Å²) in [5, 5.41) is 12.2. The predicted molar refractivity (Wildman–Crippen MR) is 96.2 cm³/mol. The molecule has 0 heterocycles. The van der Waals surface area contributed by atoms with Crippen molar-refractivity contribution >= 4 is 39.9 Å². The highest BCUT2D eigenvalue weighted by molar-refractivity contribution is 6.42. The third-order valence-electron chi connectivity index (χ3n) is 3.70. The van der Waals surface area contributed by atoms with Crippen LogP contribution in [0.5, 0.6) is 5.75 Å². The molecule has 1 unspecified atom stereocenters. The molecule has 0 aliphatic heterocycles. The first kappa shape index (κ1) is 16.6. The van der Waals surface area contributed by atoms with Gasteiger partial charge in [-0.25, -0.2) is 4.79 Å². The van der Waals surface area contributed by atoms with Gasteiger partial charge in [0, 0.05) is 11.8 Å². The van der Waals surface area contributed by atoms with Gasteiger partial charge in [-0.05, 0) is 29.1 Å². The zero-order chi connectivity index (χ0) is 17.1. The van der Waals surface area contributed by atoms with Crippen molar-refractivity contribution < 1.29 is 14.6 Å². The van der Waals surface area contributed by atoms with Crippen LogP contribution in [0.1, 0.15) is 5.56 Å². The number of hydrogen-bond acceptors (Lipinski definition) is 2. The molecule has 5 heteroatoms. The molecule has 0 fully saturated rings. The standard InChI is InChI=1S/C19H14Cl2O3/c20-15-9-8-12(10-16(15)21)11-18(19(22)23)24-17-7-3-5-13-4-1-2-6-14(13)17/h1-10,18H,11H2,(H,22,23). The molecule has 24 heavy (non-hydrogen) atoms. The largest absolute Gasteiger partial charge is 0.478 e. The Hall–Kier alpha value is -2.23. The Morgan fingerprint density at radius 1 is 1.00 bits per heavy atom. The number of carboxylic acids is 1. The number of fused-ring (bicyclic) bond motifs is 1. The summed E-state index contributed by atoms with van der Waals surface area (Å²) in [7, 11) is 0. The molecule has 0 saturated heterocycles. The second-order valence-electron chi connectivity index (χ2n) is 5.37. The SMILES string of the molecule is O=C(O)C(Cc1ccc(Cl)c(Cl)c1)Oc1cccc2ccccc12.